The Balaban J connectivity index is 2.89. The molecule has 18 heavy (non-hydrogen) atoms. The largest absolute Gasteiger partial charge is 0.481 e. The van der Waals surface area contributed by atoms with E-state index in [4.69, 9.17) is 21.1 Å². The maximum absolute atomic E-state index is 12.2. The molecule has 5 nitrogen and oxygen atoms in total. The molecule has 0 aliphatic heterocycles. The number of carboxylic acids is 1. The Morgan fingerprint density at radius 2 is 2.00 bits per heavy atom. The maximum atomic E-state index is 12.2. The third-order valence-corrected chi connectivity index (χ3v) is 2.59. The highest BCUT2D eigenvalue weighted by molar-refractivity contribution is 6.29. The van der Waals surface area contributed by atoms with Crippen LogP contribution < -0.4 is 0 Å². The van der Waals surface area contributed by atoms with Crippen LogP contribution in [0.3, 0.4) is 0 Å². The van der Waals surface area contributed by atoms with Crippen molar-refractivity contribution in [2.45, 2.75) is 32.7 Å². The number of rotatable bonds is 4. The van der Waals surface area contributed by atoms with Gasteiger partial charge in [-0.1, -0.05) is 0 Å². The van der Waals surface area contributed by atoms with E-state index in [9.17, 15) is 9.59 Å². The Kier molecular flexibility index (Phi) is 4.40. The first-order valence-electron chi connectivity index (χ1n) is 5.51. The average molecular weight is 274 g/mol. The van der Waals surface area contributed by atoms with Crippen LogP contribution in [0, 0.1) is 0 Å². The van der Waals surface area contributed by atoms with Gasteiger partial charge in [-0.3, -0.25) is 9.59 Å². The molecule has 1 N–H and O–H groups in total. The fourth-order valence-electron chi connectivity index (χ4n) is 1.51. The summed E-state index contributed by atoms with van der Waals surface area (Å²) in [4.78, 5) is 24.3. The van der Waals surface area contributed by atoms with Crippen LogP contribution in [0.25, 0.3) is 0 Å². The Bertz CT molecular complexity index is 447. The summed E-state index contributed by atoms with van der Waals surface area (Å²) in [6, 6.07) is 2.96. The van der Waals surface area contributed by atoms with Gasteiger partial charge in [0.25, 0.3) is 5.91 Å². The molecule has 0 aliphatic rings. The Morgan fingerprint density at radius 1 is 1.39 bits per heavy atom. The Labute approximate surface area is 110 Å². The van der Waals surface area contributed by atoms with Crippen LogP contribution in [-0.4, -0.2) is 34.0 Å². The summed E-state index contributed by atoms with van der Waals surface area (Å²) in [5.74, 6) is -1.20. The van der Waals surface area contributed by atoms with Crippen LogP contribution in [0.1, 0.15) is 37.7 Å². The number of hydrogen-bond acceptors (Lipinski definition) is 3. The highest BCUT2D eigenvalue weighted by atomic mass is 35.5. The van der Waals surface area contributed by atoms with E-state index >= 15 is 0 Å². The fourth-order valence-corrected chi connectivity index (χ4v) is 1.66. The summed E-state index contributed by atoms with van der Waals surface area (Å²) < 4.78 is 5.06. The van der Waals surface area contributed by atoms with E-state index in [1.165, 1.54) is 17.0 Å². The number of hydrogen-bond donors (Lipinski definition) is 1. The van der Waals surface area contributed by atoms with Crippen LogP contribution in [0.15, 0.2) is 16.5 Å². The molecule has 0 fully saturated rings. The number of furan rings is 1. The minimum absolute atomic E-state index is 0.111. The first-order chi connectivity index (χ1) is 8.21. The first kappa shape index (κ1) is 14.6. The molecule has 1 aromatic rings. The Morgan fingerprint density at radius 3 is 2.39 bits per heavy atom. The van der Waals surface area contributed by atoms with Crippen molar-refractivity contribution in [3.63, 3.8) is 0 Å². The predicted octanol–water partition coefficient (Wildman–Crippen LogP) is 2.65. The number of nitrogens with zero attached hydrogens (tertiary/aromatic N) is 1. The lowest BCUT2D eigenvalue weighted by molar-refractivity contribution is -0.137. The second-order valence-electron chi connectivity index (χ2n) is 4.88. The predicted molar refractivity (Wildman–Crippen MR) is 66.8 cm³/mol. The van der Waals surface area contributed by atoms with E-state index in [2.05, 4.69) is 0 Å². The molecule has 0 atom stereocenters. The highest BCUT2D eigenvalue weighted by Crippen LogP contribution is 2.20. The standard InChI is InChI=1S/C12H16ClNO4/c1-12(2,3)14(7-6-10(15)16)11(17)8-4-5-9(13)18-8/h4-5H,6-7H2,1-3H3,(H,15,16). The van der Waals surface area contributed by atoms with E-state index < -0.39 is 11.5 Å². The molecule has 0 aliphatic carbocycles. The molecule has 6 heteroatoms. The van der Waals surface area contributed by atoms with Crippen LogP contribution in [0.4, 0.5) is 0 Å². The van der Waals surface area contributed by atoms with Crippen molar-refractivity contribution in [2.75, 3.05) is 6.54 Å². The van der Waals surface area contributed by atoms with Gasteiger partial charge >= 0.3 is 5.97 Å². The van der Waals surface area contributed by atoms with Gasteiger partial charge in [-0.15, -0.1) is 0 Å². The van der Waals surface area contributed by atoms with Crippen LogP contribution >= 0.6 is 11.6 Å². The van der Waals surface area contributed by atoms with Gasteiger partial charge in [0.15, 0.2) is 11.0 Å². The zero-order valence-electron chi connectivity index (χ0n) is 10.6. The molecule has 0 bridgehead atoms. The van der Waals surface area contributed by atoms with Crippen LogP contribution in [0.5, 0.6) is 0 Å². The van der Waals surface area contributed by atoms with Crippen molar-refractivity contribution in [2.24, 2.45) is 0 Å². The number of carboxylic acid groups (broad SMARTS) is 1. The third kappa shape index (κ3) is 3.77. The summed E-state index contributed by atoms with van der Waals surface area (Å²) in [6.07, 6.45) is -0.114. The molecule has 0 saturated heterocycles. The zero-order valence-corrected chi connectivity index (χ0v) is 11.3. The Hall–Kier alpha value is -1.49. The lowest BCUT2D eigenvalue weighted by Crippen LogP contribution is -2.46. The summed E-state index contributed by atoms with van der Waals surface area (Å²) in [5, 5.41) is 8.83. The van der Waals surface area contributed by atoms with E-state index in [1.54, 1.807) is 0 Å². The molecular formula is C12H16ClNO4. The molecule has 0 spiro atoms. The summed E-state index contributed by atoms with van der Waals surface area (Å²) in [5.41, 5.74) is -0.494. The number of amides is 1. The van der Waals surface area contributed by atoms with Crippen molar-refractivity contribution in [1.82, 2.24) is 4.90 Å². The van der Waals surface area contributed by atoms with Crippen LogP contribution in [-0.2, 0) is 4.79 Å². The lowest BCUT2D eigenvalue weighted by atomic mass is 10.0. The van der Waals surface area contributed by atoms with Crippen molar-refractivity contribution in [3.8, 4) is 0 Å². The number of halogens is 1. The van der Waals surface area contributed by atoms with Gasteiger partial charge in [-0.25, -0.2) is 0 Å². The van der Waals surface area contributed by atoms with Gasteiger partial charge in [0, 0.05) is 12.1 Å². The molecule has 1 heterocycles. The zero-order chi connectivity index (χ0) is 13.9. The first-order valence-corrected chi connectivity index (χ1v) is 5.88. The highest BCUT2D eigenvalue weighted by Gasteiger charge is 2.29. The lowest BCUT2D eigenvalue weighted by Gasteiger charge is -2.34. The van der Waals surface area contributed by atoms with Gasteiger partial charge in [-0.2, -0.15) is 0 Å². The number of carbonyl (C=O) groups is 2. The normalized spacial score (nSPS) is 11.3. The summed E-state index contributed by atoms with van der Waals surface area (Å²) in [7, 11) is 0. The molecule has 0 saturated carbocycles. The van der Waals surface area contributed by atoms with Gasteiger partial charge in [0.1, 0.15) is 0 Å². The molecule has 0 aromatic carbocycles. The minimum Gasteiger partial charge on any atom is -0.481 e. The molecule has 1 amide bonds. The van der Waals surface area contributed by atoms with Crippen molar-refractivity contribution < 1.29 is 19.1 Å². The van der Waals surface area contributed by atoms with Crippen molar-refractivity contribution in [1.29, 1.82) is 0 Å². The van der Waals surface area contributed by atoms with Gasteiger partial charge in [0.05, 0.1) is 6.42 Å². The molecule has 0 unspecified atom stereocenters. The molecular weight excluding hydrogens is 258 g/mol. The molecule has 1 rings (SSSR count). The summed E-state index contributed by atoms with van der Waals surface area (Å²) in [6.45, 7) is 5.61. The van der Waals surface area contributed by atoms with Gasteiger partial charge in [-0.05, 0) is 44.5 Å². The second-order valence-corrected chi connectivity index (χ2v) is 5.25. The molecule has 0 radical (unpaired) electrons. The van der Waals surface area contributed by atoms with E-state index in [0.29, 0.717) is 0 Å². The van der Waals surface area contributed by atoms with E-state index in [0.717, 1.165) is 0 Å². The maximum Gasteiger partial charge on any atom is 0.305 e. The number of carbonyl (C=O) groups excluding carboxylic acids is 1. The minimum atomic E-state index is -0.950. The molecule has 1 aromatic heterocycles. The van der Waals surface area contributed by atoms with E-state index in [1.807, 2.05) is 20.8 Å². The van der Waals surface area contributed by atoms with Crippen molar-refractivity contribution in [3.05, 3.63) is 23.1 Å². The monoisotopic (exact) mass is 273 g/mol. The van der Waals surface area contributed by atoms with Crippen molar-refractivity contribution >= 4 is 23.5 Å². The molecule has 100 valence electrons. The average Bonchev–Trinajstić information content (AvgIpc) is 2.62. The summed E-state index contributed by atoms with van der Waals surface area (Å²) >= 11 is 5.62. The second kappa shape index (κ2) is 5.44. The fraction of sp³-hybridized carbons (Fsp3) is 0.500. The van der Waals surface area contributed by atoms with E-state index in [-0.39, 0.29) is 29.9 Å². The topological polar surface area (TPSA) is 70.8 Å². The SMILES string of the molecule is CC(C)(C)N(CCC(=O)O)C(=O)c1ccc(Cl)o1. The smallest absolute Gasteiger partial charge is 0.305 e. The van der Waals surface area contributed by atoms with Gasteiger partial charge in [0.2, 0.25) is 0 Å². The number of aliphatic carboxylic acids is 1. The van der Waals surface area contributed by atoms with Gasteiger partial charge < -0.3 is 14.4 Å². The third-order valence-electron chi connectivity index (χ3n) is 2.39. The van der Waals surface area contributed by atoms with Crippen LogP contribution in [0.2, 0.25) is 5.22 Å². The quantitative estimate of drug-likeness (QED) is 0.915.